The lowest BCUT2D eigenvalue weighted by molar-refractivity contribution is 0.968. The highest BCUT2D eigenvalue weighted by Crippen LogP contribution is 2.40. The van der Waals surface area contributed by atoms with Gasteiger partial charge in [-0.05, 0) is 102 Å². The lowest BCUT2D eigenvalue weighted by Crippen LogP contribution is -2.03. The van der Waals surface area contributed by atoms with Gasteiger partial charge in [-0.3, -0.25) is 0 Å². The molecule has 0 spiro atoms. The van der Waals surface area contributed by atoms with Crippen LogP contribution in [0.25, 0.3) is 72.4 Å². The molecule has 0 aliphatic heterocycles. The quantitative estimate of drug-likeness (QED) is 0.193. The number of allylic oxidation sites excluding steroid dienone is 1. The number of para-hydroxylation sites is 2. The van der Waals surface area contributed by atoms with E-state index in [-0.39, 0.29) is 0 Å². The Hall–Kier alpha value is -7.13. The molecule has 6 aromatic carbocycles. The maximum Gasteiger partial charge on any atom is 0.0998 e. The third-order valence-corrected chi connectivity index (χ3v) is 9.92. The highest BCUT2D eigenvalue weighted by atomic mass is 15.0. The Balaban J connectivity index is 1.20. The second-order valence-corrected chi connectivity index (χ2v) is 12.6. The largest absolute Gasteiger partial charge is 0.309 e. The van der Waals surface area contributed by atoms with E-state index in [1.54, 1.807) is 0 Å². The van der Waals surface area contributed by atoms with E-state index in [4.69, 9.17) is 0 Å². The Morgan fingerprint density at radius 2 is 1.18 bits per heavy atom. The average molecular weight is 638 g/mol. The van der Waals surface area contributed by atoms with Crippen LogP contribution in [-0.4, -0.2) is 9.13 Å². The van der Waals surface area contributed by atoms with Crippen molar-refractivity contribution in [2.45, 2.75) is 12.8 Å². The molecule has 1 aliphatic carbocycles. The Bertz CT molecular complexity index is 2790. The van der Waals surface area contributed by atoms with Crippen molar-refractivity contribution in [3.63, 3.8) is 0 Å². The molecule has 0 amide bonds. The minimum Gasteiger partial charge on any atom is -0.309 e. The summed E-state index contributed by atoms with van der Waals surface area (Å²) in [5.74, 6) is 0. The van der Waals surface area contributed by atoms with Crippen molar-refractivity contribution in [1.29, 1.82) is 15.8 Å². The first-order valence-corrected chi connectivity index (χ1v) is 16.6. The number of fused-ring (bicyclic) bond motifs is 6. The molecule has 0 saturated carbocycles. The summed E-state index contributed by atoms with van der Waals surface area (Å²) in [5.41, 5.74) is 12.8. The summed E-state index contributed by atoms with van der Waals surface area (Å²) in [5, 5.41) is 33.5. The van der Waals surface area contributed by atoms with Crippen LogP contribution in [0.4, 0.5) is 0 Å². The molecule has 2 aromatic heterocycles. The molecule has 9 rings (SSSR count). The van der Waals surface area contributed by atoms with Gasteiger partial charge in [0, 0.05) is 38.7 Å². The van der Waals surface area contributed by atoms with Crippen LogP contribution in [0.2, 0.25) is 0 Å². The Morgan fingerprint density at radius 3 is 1.90 bits per heavy atom. The van der Waals surface area contributed by atoms with Gasteiger partial charge >= 0.3 is 0 Å². The highest BCUT2D eigenvalue weighted by molar-refractivity contribution is 6.09. The molecule has 0 radical (unpaired) electrons. The maximum absolute atomic E-state index is 10.3. The number of rotatable bonds is 4. The zero-order valence-electron chi connectivity index (χ0n) is 26.9. The molecule has 2 heterocycles. The second kappa shape index (κ2) is 11.5. The monoisotopic (exact) mass is 637 g/mol. The highest BCUT2D eigenvalue weighted by Gasteiger charge is 2.22. The number of benzene rings is 6. The summed E-state index contributed by atoms with van der Waals surface area (Å²) < 4.78 is 4.49. The first kappa shape index (κ1) is 29.0. The third-order valence-electron chi connectivity index (χ3n) is 9.92. The van der Waals surface area contributed by atoms with Crippen molar-refractivity contribution in [2.75, 3.05) is 0 Å². The number of nitrogens with zero attached hydrogens (tertiary/aromatic N) is 5. The van der Waals surface area contributed by atoms with Gasteiger partial charge in [-0.1, -0.05) is 66.7 Å². The van der Waals surface area contributed by atoms with Crippen molar-refractivity contribution in [1.82, 2.24) is 9.13 Å². The van der Waals surface area contributed by atoms with Crippen LogP contribution in [0.5, 0.6) is 0 Å². The number of hydrogen-bond acceptors (Lipinski definition) is 3. The lowest BCUT2D eigenvalue weighted by atomic mass is 9.93. The van der Waals surface area contributed by atoms with Crippen molar-refractivity contribution in [3.8, 4) is 51.8 Å². The molecule has 5 heteroatoms. The SMILES string of the molecule is N#Cc1ccc(-c2cc(-c3ccc(-n4c5ccccc5c5ccccc54)cc3)ccc2C#N)c(-n2c3c(c4cc(C#N)ccc42)CCC=C3)c1. The van der Waals surface area contributed by atoms with Gasteiger partial charge in [0.25, 0.3) is 0 Å². The molecule has 0 unspecified atom stereocenters. The molecular weight excluding hydrogens is 611 g/mol. The fraction of sp³-hybridized carbons (Fsp3) is 0.0444. The Morgan fingerprint density at radius 1 is 0.520 bits per heavy atom. The lowest BCUT2D eigenvalue weighted by Gasteiger charge is -2.18. The molecule has 0 fully saturated rings. The van der Waals surface area contributed by atoms with E-state index < -0.39 is 0 Å². The van der Waals surface area contributed by atoms with Crippen LogP contribution in [-0.2, 0) is 6.42 Å². The van der Waals surface area contributed by atoms with E-state index in [0.717, 1.165) is 74.1 Å². The second-order valence-electron chi connectivity index (χ2n) is 12.6. The van der Waals surface area contributed by atoms with E-state index in [2.05, 4.69) is 118 Å². The predicted molar refractivity (Wildman–Crippen MR) is 200 cm³/mol. The van der Waals surface area contributed by atoms with Gasteiger partial charge in [0.2, 0.25) is 0 Å². The van der Waals surface area contributed by atoms with Crippen molar-refractivity contribution in [3.05, 3.63) is 161 Å². The summed E-state index contributed by atoms with van der Waals surface area (Å²) >= 11 is 0. The van der Waals surface area contributed by atoms with E-state index in [0.29, 0.717) is 16.7 Å². The van der Waals surface area contributed by atoms with Crippen LogP contribution in [0.1, 0.15) is 34.4 Å². The molecule has 5 nitrogen and oxygen atoms in total. The number of aryl methyl sites for hydroxylation is 1. The van der Waals surface area contributed by atoms with Crippen molar-refractivity contribution < 1.29 is 0 Å². The Kier molecular flexibility index (Phi) is 6.70. The number of hydrogen-bond donors (Lipinski definition) is 0. The van der Waals surface area contributed by atoms with Gasteiger partial charge in [0.15, 0.2) is 0 Å². The van der Waals surface area contributed by atoms with Crippen molar-refractivity contribution >= 4 is 38.8 Å². The van der Waals surface area contributed by atoms with Gasteiger partial charge in [0.1, 0.15) is 0 Å². The maximum atomic E-state index is 10.3. The molecule has 1 aliphatic rings. The van der Waals surface area contributed by atoms with Crippen LogP contribution >= 0.6 is 0 Å². The molecule has 50 heavy (non-hydrogen) atoms. The third kappa shape index (κ3) is 4.45. The average Bonchev–Trinajstić information content (AvgIpc) is 3.70. The summed E-state index contributed by atoms with van der Waals surface area (Å²) in [6, 6.07) is 50.0. The first-order valence-electron chi connectivity index (χ1n) is 16.6. The fourth-order valence-electron chi connectivity index (χ4n) is 7.63. The molecule has 0 atom stereocenters. The number of aromatic nitrogens is 2. The van der Waals surface area contributed by atoms with Gasteiger partial charge in [-0.25, -0.2) is 0 Å². The zero-order chi connectivity index (χ0) is 33.8. The van der Waals surface area contributed by atoms with Gasteiger partial charge in [-0.2, -0.15) is 15.8 Å². The van der Waals surface area contributed by atoms with Gasteiger partial charge < -0.3 is 9.13 Å². The standard InChI is InChI=1S/C45H27N5/c46-26-29-14-22-44-40(23-29)37-9-3-6-12-43(37)50(44)45-24-30(27-47)13-21-38(45)39-25-32(15-16-33(39)28-48)31-17-19-34(20-18-31)49-41-10-4-1-7-35(41)36-8-2-5-11-42(36)49/h1-2,4-8,10-25H,3,9H2. The molecule has 0 bridgehead atoms. The normalized spacial score (nSPS) is 12.1. The zero-order valence-corrected chi connectivity index (χ0v) is 26.9. The first-order chi connectivity index (χ1) is 24.7. The number of nitriles is 3. The summed E-state index contributed by atoms with van der Waals surface area (Å²) in [4.78, 5) is 0. The summed E-state index contributed by atoms with van der Waals surface area (Å²) in [6.45, 7) is 0. The van der Waals surface area contributed by atoms with Crippen LogP contribution in [0.3, 0.4) is 0 Å². The van der Waals surface area contributed by atoms with E-state index in [9.17, 15) is 15.8 Å². The Labute approximate surface area is 289 Å². The molecule has 232 valence electrons. The van der Waals surface area contributed by atoms with E-state index in [1.165, 1.54) is 16.3 Å². The van der Waals surface area contributed by atoms with Gasteiger partial charge in [0.05, 0.1) is 57.1 Å². The van der Waals surface area contributed by atoms with Crippen LogP contribution < -0.4 is 0 Å². The molecule has 0 saturated heterocycles. The summed E-state index contributed by atoms with van der Waals surface area (Å²) in [7, 11) is 0. The topological polar surface area (TPSA) is 81.2 Å². The molecule has 8 aromatic rings. The summed E-state index contributed by atoms with van der Waals surface area (Å²) in [6.07, 6.45) is 6.08. The smallest absolute Gasteiger partial charge is 0.0998 e. The minimum atomic E-state index is 0.531. The molecular formula is C45H27N5. The predicted octanol–water partition coefficient (Wildman–Crippen LogP) is 10.6. The van der Waals surface area contributed by atoms with Crippen molar-refractivity contribution in [2.24, 2.45) is 0 Å². The van der Waals surface area contributed by atoms with Crippen LogP contribution in [0, 0.1) is 34.0 Å². The molecule has 0 N–H and O–H groups in total. The fourth-order valence-corrected chi connectivity index (χ4v) is 7.63. The van der Waals surface area contributed by atoms with Crippen LogP contribution in [0.15, 0.2) is 133 Å². The minimum absolute atomic E-state index is 0.531. The van der Waals surface area contributed by atoms with E-state index in [1.807, 2.05) is 48.5 Å². The van der Waals surface area contributed by atoms with E-state index >= 15 is 0 Å². The van der Waals surface area contributed by atoms with Gasteiger partial charge in [-0.15, -0.1) is 0 Å².